The smallest absolute Gasteiger partial charge is 0.131 e. The van der Waals surface area contributed by atoms with E-state index >= 15 is 0 Å². The van der Waals surface area contributed by atoms with Gasteiger partial charge in [0.05, 0.1) is 0 Å². The van der Waals surface area contributed by atoms with E-state index in [0.29, 0.717) is 12.1 Å². The molecule has 0 unspecified atom stereocenters. The summed E-state index contributed by atoms with van der Waals surface area (Å²) >= 11 is 0. The van der Waals surface area contributed by atoms with Gasteiger partial charge in [-0.1, -0.05) is 36.4 Å². The molecule has 2 aromatic rings. The monoisotopic (exact) mass is 243 g/mol. The van der Waals surface area contributed by atoms with Gasteiger partial charge in [-0.25, -0.2) is 4.39 Å². The minimum Gasteiger partial charge on any atom is -0.488 e. The quantitative estimate of drug-likeness (QED) is 0.880. The van der Waals surface area contributed by atoms with E-state index in [2.05, 4.69) is 0 Å². The number of hydrogen-bond acceptors (Lipinski definition) is 2. The van der Waals surface area contributed by atoms with Crippen LogP contribution in [0, 0.1) is 5.82 Å². The standard InChI is InChI=1S/C15H14FNO/c16-14-7-2-1-5-12(14)13-6-3-4-10-8-11(9-17)18-15(10)13/h1-7,11H,8-9,17H2/t11-/m1/s1. The van der Waals surface area contributed by atoms with Gasteiger partial charge in [0, 0.05) is 24.1 Å². The highest BCUT2D eigenvalue weighted by molar-refractivity contribution is 5.73. The van der Waals surface area contributed by atoms with E-state index in [9.17, 15) is 4.39 Å². The first kappa shape index (κ1) is 11.2. The van der Waals surface area contributed by atoms with Crippen molar-refractivity contribution < 1.29 is 9.13 Å². The molecule has 92 valence electrons. The second-order valence-electron chi connectivity index (χ2n) is 4.45. The fourth-order valence-electron chi connectivity index (χ4n) is 2.36. The third-order valence-corrected chi connectivity index (χ3v) is 3.26. The molecule has 0 spiro atoms. The highest BCUT2D eigenvalue weighted by Gasteiger charge is 2.25. The number of halogens is 1. The van der Waals surface area contributed by atoms with Gasteiger partial charge in [-0.3, -0.25) is 0 Å². The maximum Gasteiger partial charge on any atom is 0.131 e. The van der Waals surface area contributed by atoms with Gasteiger partial charge in [-0.05, 0) is 11.6 Å². The molecule has 0 saturated heterocycles. The summed E-state index contributed by atoms with van der Waals surface area (Å²) in [5, 5.41) is 0. The Kier molecular flexibility index (Phi) is 2.76. The molecule has 0 fully saturated rings. The molecule has 0 amide bonds. The van der Waals surface area contributed by atoms with Crippen molar-refractivity contribution in [2.24, 2.45) is 5.73 Å². The molecule has 1 aliphatic rings. The fraction of sp³-hybridized carbons (Fsp3) is 0.200. The van der Waals surface area contributed by atoms with Crippen LogP contribution in [-0.2, 0) is 6.42 Å². The SMILES string of the molecule is NC[C@H]1Cc2cccc(-c3ccccc3F)c2O1. The van der Waals surface area contributed by atoms with Gasteiger partial charge in [0.15, 0.2) is 0 Å². The summed E-state index contributed by atoms with van der Waals surface area (Å²) < 4.78 is 19.6. The number of fused-ring (bicyclic) bond motifs is 1. The van der Waals surface area contributed by atoms with Crippen molar-refractivity contribution in [3.05, 3.63) is 53.8 Å². The predicted molar refractivity (Wildman–Crippen MR) is 69.0 cm³/mol. The van der Waals surface area contributed by atoms with Crippen LogP contribution in [0.4, 0.5) is 4.39 Å². The third-order valence-electron chi connectivity index (χ3n) is 3.26. The lowest BCUT2D eigenvalue weighted by Gasteiger charge is -2.11. The van der Waals surface area contributed by atoms with Gasteiger partial charge in [0.2, 0.25) is 0 Å². The van der Waals surface area contributed by atoms with E-state index < -0.39 is 0 Å². The topological polar surface area (TPSA) is 35.2 Å². The van der Waals surface area contributed by atoms with Gasteiger partial charge in [0.1, 0.15) is 17.7 Å². The molecule has 0 bridgehead atoms. The van der Waals surface area contributed by atoms with Crippen molar-refractivity contribution in [1.29, 1.82) is 0 Å². The van der Waals surface area contributed by atoms with Gasteiger partial charge in [-0.15, -0.1) is 0 Å². The van der Waals surface area contributed by atoms with Crippen LogP contribution in [0.5, 0.6) is 5.75 Å². The van der Waals surface area contributed by atoms with Gasteiger partial charge in [-0.2, -0.15) is 0 Å². The Morgan fingerprint density at radius 2 is 1.89 bits per heavy atom. The van der Waals surface area contributed by atoms with Gasteiger partial charge >= 0.3 is 0 Å². The summed E-state index contributed by atoms with van der Waals surface area (Å²) in [6.07, 6.45) is 0.807. The van der Waals surface area contributed by atoms with E-state index in [0.717, 1.165) is 23.3 Å². The maximum absolute atomic E-state index is 13.8. The fourth-order valence-corrected chi connectivity index (χ4v) is 2.36. The van der Waals surface area contributed by atoms with Crippen LogP contribution in [-0.4, -0.2) is 12.6 Å². The molecule has 0 aliphatic carbocycles. The highest BCUT2D eigenvalue weighted by atomic mass is 19.1. The maximum atomic E-state index is 13.8. The van der Waals surface area contributed by atoms with Crippen LogP contribution in [0.25, 0.3) is 11.1 Å². The van der Waals surface area contributed by atoms with Crippen LogP contribution in [0.3, 0.4) is 0 Å². The molecule has 1 heterocycles. The average molecular weight is 243 g/mol. The largest absolute Gasteiger partial charge is 0.488 e. The summed E-state index contributed by atoms with van der Waals surface area (Å²) in [5.41, 5.74) is 8.12. The molecule has 2 aromatic carbocycles. The molecular weight excluding hydrogens is 229 g/mol. The van der Waals surface area contributed by atoms with Crippen molar-refractivity contribution in [1.82, 2.24) is 0 Å². The molecule has 3 heteroatoms. The summed E-state index contributed by atoms with van der Waals surface area (Å²) in [7, 11) is 0. The van der Waals surface area contributed by atoms with Crippen molar-refractivity contribution in [3.8, 4) is 16.9 Å². The van der Waals surface area contributed by atoms with Crippen LogP contribution in [0.15, 0.2) is 42.5 Å². The second kappa shape index (κ2) is 4.42. The van der Waals surface area contributed by atoms with Gasteiger partial charge in [0.25, 0.3) is 0 Å². The van der Waals surface area contributed by atoms with Crippen molar-refractivity contribution in [2.45, 2.75) is 12.5 Å². The van der Waals surface area contributed by atoms with Crippen LogP contribution in [0.2, 0.25) is 0 Å². The van der Waals surface area contributed by atoms with Crippen molar-refractivity contribution in [3.63, 3.8) is 0 Å². The number of benzene rings is 2. The molecule has 0 aromatic heterocycles. The Morgan fingerprint density at radius 1 is 1.11 bits per heavy atom. The second-order valence-corrected chi connectivity index (χ2v) is 4.45. The van der Waals surface area contributed by atoms with E-state index in [-0.39, 0.29) is 11.9 Å². The van der Waals surface area contributed by atoms with E-state index in [1.807, 2.05) is 24.3 Å². The highest BCUT2D eigenvalue weighted by Crippen LogP contribution is 2.39. The first-order valence-corrected chi connectivity index (χ1v) is 6.03. The lowest BCUT2D eigenvalue weighted by atomic mass is 10.0. The zero-order valence-corrected chi connectivity index (χ0v) is 9.90. The average Bonchev–Trinajstić information content (AvgIpc) is 2.82. The summed E-state index contributed by atoms with van der Waals surface area (Å²) in [6.45, 7) is 0.478. The molecular formula is C15H14FNO. The minimum absolute atomic E-state index is 0.00734. The van der Waals surface area contributed by atoms with Crippen LogP contribution >= 0.6 is 0 Å². The van der Waals surface area contributed by atoms with E-state index in [1.165, 1.54) is 6.07 Å². The normalized spacial score (nSPS) is 17.3. The zero-order valence-electron chi connectivity index (χ0n) is 9.90. The van der Waals surface area contributed by atoms with Gasteiger partial charge < -0.3 is 10.5 Å². The molecule has 2 nitrogen and oxygen atoms in total. The lowest BCUT2D eigenvalue weighted by Crippen LogP contribution is -2.24. The first-order chi connectivity index (χ1) is 8.79. The number of para-hydroxylation sites is 1. The summed E-state index contributed by atoms with van der Waals surface area (Å²) in [6, 6.07) is 12.6. The number of ether oxygens (including phenoxy) is 1. The van der Waals surface area contributed by atoms with Crippen molar-refractivity contribution >= 4 is 0 Å². The van der Waals surface area contributed by atoms with Crippen LogP contribution < -0.4 is 10.5 Å². The zero-order chi connectivity index (χ0) is 12.5. The van der Waals surface area contributed by atoms with E-state index in [1.54, 1.807) is 12.1 Å². The first-order valence-electron chi connectivity index (χ1n) is 6.03. The Bertz CT molecular complexity index is 582. The molecule has 1 atom stereocenters. The molecule has 18 heavy (non-hydrogen) atoms. The summed E-state index contributed by atoms with van der Waals surface area (Å²) in [5.74, 6) is 0.545. The van der Waals surface area contributed by atoms with Crippen molar-refractivity contribution in [2.75, 3.05) is 6.54 Å². The number of nitrogens with two attached hydrogens (primary N) is 1. The number of hydrogen-bond donors (Lipinski definition) is 1. The predicted octanol–water partition coefficient (Wildman–Crippen LogP) is 2.75. The minimum atomic E-state index is -0.231. The van der Waals surface area contributed by atoms with E-state index in [4.69, 9.17) is 10.5 Å². The molecule has 3 rings (SSSR count). The molecule has 0 radical (unpaired) electrons. The Hall–Kier alpha value is -1.87. The Morgan fingerprint density at radius 3 is 2.67 bits per heavy atom. The lowest BCUT2D eigenvalue weighted by molar-refractivity contribution is 0.242. The molecule has 1 aliphatic heterocycles. The Labute approximate surface area is 105 Å². The van der Waals surface area contributed by atoms with Crippen LogP contribution in [0.1, 0.15) is 5.56 Å². The molecule has 2 N–H and O–H groups in total. The molecule has 0 saturated carbocycles. The number of rotatable bonds is 2. The Balaban J connectivity index is 2.11. The third kappa shape index (κ3) is 1.77. The summed E-state index contributed by atoms with van der Waals surface area (Å²) in [4.78, 5) is 0.